The lowest BCUT2D eigenvalue weighted by Crippen LogP contribution is -2.15. The Balaban J connectivity index is 2.93. The van der Waals surface area contributed by atoms with Gasteiger partial charge >= 0.3 is 0 Å². The Kier molecular flexibility index (Phi) is 2.71. The van der Waals surface area contributed by atoms with Gasteiger partial charge < -0.3 is 0 Å². The first-order chi connectivity index (χ1) is 5.54. The SMILES string of the molecule is CC(=O)C1C(=C(C)C)CCC1C. The van der Waals surface area contributed by atoms with Crippen molar-refractivity contribution in [1.29, 1.82) is 0 Å². The maximum atomic E-state index is 11.3. The molecule has 12 heavy (non-hydrogen) atoms. The van der Waals surface area contributed by atoms with E-state index in [1.807, 2.05) is 0 Å². The van der Waals surface area contributed by atoms with Crippen molar-refractivity contribution in [3.63, 3.8) is 0 Å². The van der Waals surface area contributed by atoms with Crippen LogP contribution in [0.3, 0.4) is 0 Å². The van der Waals surface area contributed by atoms with Gasteiger partial charge in [-0.1, -0.05) is 18.1 Å². The number of allylic oxidation sites excluding steroid dienone is 2. The molecule has 0 radical (unpaired) electrons. The van der Waals surface area contributed by atoms with Crippen molar-refractivity contribution in [3.8, 4) is 0 Å². The lowest BCUT2D eigenvalue weighted by Gasteiger charge is -2.14. The van der Waals surface area contributed by atoms with Crippen LogP contribution in [-0.2, 0) is 4.79 Å². The van der Waals surface area contributed by atoms with E-state index in [0.717, 1.165) is 6.42 Å². The second-order valence-corrected chi connectivity index (χ2v) is 4.13. The van der Waals surface area contributed by atoms with Crippen LogP contribution < -0.4 is 0 Å². The molecule has 0 heterocycles. The fourth-order valence-corrected chi connectivity index (χ4v) is 2.26. The number of Topliss-reactive ketones (excluding diaryl/α,β-unsaturated/α-hetero) is 1. The van der Waals surface area contributed by atoms with E-state index in [9.17, 15) is 4.79 Å². The van der Waals surface area contributed by atoms with Crippen LogP contribution in [0.15, 0.2) is 11.1 Å². The van der Waals surface area contributed by atoms with Crippen molar-refractivity contribution >= 4 is 5.78 Å². The third-order valence-corrected chi connectivity index (χ3v) is 2.89. The van der Waals surface area contributed by atoms with E-state index in [2.05, 4.69) is 20.8 Å². The molecule has 0 amide bonds. The summed E-state index contributed by atoms with van der Waals surface area (Å²) < 4.78 is 0. The van der Waals surface area contributed by atoms with Crippen LogP contribution in [-0.4, -0.2) is 5.78 Å². The monoisotopic (exact) mass is 166 g/mol. The molecule has 68 valence electrons. The largest absolute Gasteiger partial charge is 0.299 e. The van der Waals surface area contributed by atoms with E-state index in [1.54, 1.807) is 6.92 Å². The molecule has 1 aliphatic rings. The van der Waals surface area contributed by atoms with Crippen molar-refractivity contribution in [1.82, 2.24) is 0 Å². The Labute approximate surface area is 74.9 Å². The summed E-state index contributed by atoms with van der Waals surface area (Å²) in [5.74, 6) is 1.14. The molecule has 1 aliphatic carbocycles. The summed E-state index contributed by atoms with van der Waals surface area (Å²) >= 11 is 0. The zero-order valence-electron chi connectivity index (χ0n) is 8.48. The van der Waals surface area contributed by atoms with Gasteiger partial charge in [0.25, 0.3) is 0 Å². The summed E-state index contributed by atoms with van der Waals surface area (Å²) in [7, 11) is 0. The van der Waals surface area contributed by atoms with Crippen molar-refractivity contribution in [2.75, 3.05) is 0 Å². The van der Waals surface area contributed by atoms with Crippen LogP contribution in [0.1, 0.15) is 40.5 Å². The quantitative estimate of drug-likeness (QED) is 0.547. The maximum Gasteiger partial charge on any atom is 0.137 e. The second kappa shape index (κ2) is 3.42. The third kappa shape index (κ3) is 1.60. The fourth-order valence-electron chi connectivity index (χ4n) is 2.26. The summed E-state index contributed by atoms with van der Waals surface area (Å²) in [4.78, 5) is 11.3. The molecule has 1 rings (SSSR count). The number of hydrogen-bond acceptors (Lipinski definition) is 1. The Morgan fingerprint density at radius 1 is 1.33 bits per heavy atom. The van der Waals surface area contributed by atoms with E-state index in [1.165, 1.54) is 17.6 Å². The first-order valence-corrected chi connectivity index (χ1v) is 4.70. The highest BCUT2D eigenvalue weighted by atomic mass is 16.1. The normalized spacial score (nSPS) is 29.2. The molecule has 1 saturated carbocycles. The molecule has 0 spiro atoms. The van der Waals surface area contributed by atoms with Crippen molar-refractivity contribution < 1.29 is 4.79 Å². The maximum absolute atomic E-state index is 11.3. The van der Waals surface area contributed by atoms with Crippen LogP contribution in [0.4, 0.5) is 0 Å². The van der Waals surface area contributed by atoms with Crippen LogP contribution in [0.2, 0.25) is 0 Å². The minimum Gasteiger partial charge on any atom is -0.299 e. The highest BCUT2D eigenvalue weighted by Gasteiger charge is 2.31. The van der Waals surface area contributed by atoms with E-state index in [-0.39, 0.29) is 5.92 Å². The molecule has 0 aromatic rings. The molecule has 0 bridgehead atoms. The van der Waals surface area contributed by atoms with Gasteiger partial charge in [0.15, 0.2) is 0 Å². The van der Waals surface area contributed by atoms with E-state index < -0.39 is 0 Å². The fraction of sp³-hybridized carbons (Fsp3) is 0.727. The average molecular weight is 166 g/mol. The van der Waals surface area contributed by atoms with Gasteiger partial charge in [-0.3, -0.25) is 4.79 Å². The minimum absolute atomic E-state index is 0.231. The summed E-state index contributed by atoms with van der Waals surface area (Å²) in [5.41, 5.74) is 2.74. The molecular formula is C11H18O. The van der Waals surface area contributed by atoms with Gasteiger partial charge in [-0.05, 0) is 39.5 Å². The van der Waals surface area contributed by atoms with Crippen molar-refractivity contribution in [3.05, 3.63) is 11.1 Å². The zero-order valence-corrected chi connectivity index (χ0v) is 8.48. The summed E-state index contributed by atoms with van der Waals surface area (Å²) in [5, 5.41) is 0. The lowest BCUT2D eigenvalue weighted by molar-refractivity contribution is -0.120. The molecule has 1 nitrogen and oxygen atoms in total. The highest BCUT2D eigenvalue weighted by molar-refractivity contribution is 5.82. The number of carbonyl (C=O) groups excluding carboxylic acids is 1. The molecule has 0 aromatic carbocycles. The first kappa shape index (κ1) is 9.50. The third-order valence-electron chi connectivity index (χ3n) is 2.89. The predicted octanol–water partition coefficient (Wildman–Crippen LogP) is 2.96. The molecule has 0 N–H and O–H groups in total. The minimum atomic E-state index is 0.231. The standard InChI is InChI=1S/C11H18O/c1-7(2)10-6-5-8(3)11(10)9(4)12/h8,11H,5-6H2,1-4H3. The van der Waals surface area contributed by atoms with Gasteiger partial charge in [-0.15, -0.1) is 0 Å². The Hall–Kier alpha value is -0.590. The van der Waals surface area contributed by atoms with E-state index in [4.69, 9.17) is 0 Å². The number of hydrogen-bond donors (Lipinski definition) is 0. The Bertz CT molecular complexity index is 221. The molecule has 2 unspecified atom stereocenters. The van der Waals surface area contributed by atoms with Gasteiger partial charge in [0.2, 0.25) is 0 Å². The van der Waals surface area contributed by atoms with E-state index >= 15 is 0 Å². The molecule has 1 heteroatoms. The molecule has 2 atom stereocenters. The predicted molar refractivity (Wildman–Crippen MR) is 50.9 cm³/mol. The molecular weight excluding hydrogens is 148 g/mol. The summed E-state index contributed by atoms with van der Waals surface area (Å²) in [6.45, 7) is 8.13. The van der Waals surface area contributed by atoms with Gasteiger partial charge in [-0.2, -0.15) is 0 Å². The lowest BCUT2D eigenvalue weighted by atomic mass is 9.89. The van der Waals surface area contributed by atoms with Gasteiger partial charge in [0.05, 0.1) is 0 Å². The Morgan fingerprint density at radius 2 is 1.92 bits per heavy atom. The summed E-state index contributed by atoms with van der Waals surface area (Å²) in [6.07, 6.45) is 2.32. The number of carbonyl (C=O) groups is 1. The van der Waals surface area contributed by atoms with E-state index in [0.29, 0.717) is 11.7 Å². The second-order valence-electron chi connectivity index (χ2n) is 4.13. The smallest absolute Gasteiger partial charge is 0.137 e. The topological polar surface area (TPSA) is 17.1 Å². The molecule has 1 fully saturated rings. The zero-order chi connectivity index (χ0) is 9.30. The van der Waals surface area contributed by atoms with Gasteiger partial charge in [0, 0.05) is 5.92 Å². The molecule has 0 aliphatic heterocycles. The van der Waals surface area contributed by atoms with Crippen LogP contribution in [0, 0.1) is 11.8 Å². The average Bonchev–Trinajstić information content (AvgIpc) is 2.30. The highest BCUT2D eigenvalue weighted by Crippen LogP contribution is 2.38. The number of rotatable bonds is 1. The van der Waals surface area contributed by atoms with Crippen LogP contribution in [0.5, 0.6) is 0 Å². The number of ketones is 1. The Morgan fingerprint density at radius 3 is 2.25 bits per heavy atom. The van der Waals surface area contributed by atoms with Crippen LogP contribution in [0.25, 0.3) is 0 Å². The van der Waals surface area contributed by atoms with Crippen molar-refractivity contribution in [2.45, 2.75) is 40.5 Å². The summed E-state index contributed by atoms with van der Waals surface area (Å²) in [6, 6.07) is 0. The molecule has 0 aromatic heterocycles. The first-order valence-electron chi connectivity index (χ1n) is 4.70. The van der Waals surface area contributed by atoms with Gasteiger partial charge in [-0.25, -0.2) is 0 Å². The van der Waals surface area contributed by atoms with Crippen molar-refractivity contribution in [2.24, 2.45) is 11.8 Å². The van der Waals surface area contributed by atoms with Gasteiger partial charge in [0.1, 0.15) is 5.78 Å². The van der Waals surface area contributed by atoms with Crippen LogP contribution >= 0.6 is 0 Å². The molecule has 0 saturated heterocycles.